The molecule has 1 aromatic rings. The van der Waals surface area contributed by atoms with Gasteiger partial charge in [-0.3, -0.25) is 9.78 Å². The van der Waals surface area contributed by atoms with E-state index in [0.29, 0.717) is 19.4 Å². The van der Waals surface area contributed by atoms with Gasteiger partial charge in [-0.05, 0) is 45.7 Å². The molecule has 0 spiro atoms. The highest BCUT2D eigenvalue weighted by atomic mass is 16.6. The van der Waals surface area contributed by atoms with Crippen molar-refractivity contribution in [1.82, 2.24) is 9.88 Å². The van der Waals surface area contributed by atoms with Crippen LogP contribution >= 0.6 is 0 Å². The third-order valence-corrected chi connectivity index (χ3v) is 3.42. The van der Waals surface area contributed by atoms with Gasteiger partial charge >= 0.3 is 11.9 Å². The fraction of sp³-hybridized carbons (Fsp3) is 0.500. The predicted molar refractivity (Wildman–Crippen MR) is 81.1 cm³/mol. The maximum Gasteiger partial charge on any atom is 0.335 e. The van der Waals surface area contributed by atoms with Gasteiger partial charge in [0, 0.05) is 12.7 Å². The number of carbonyl (C=O) groups is 3. The van der Waals surface area contributed by atoms with E-state index in [-0.39, 0.29) is 11.3 Å². The molecule has 1 N–H and O–H groups in total. The van der Waals surface area contributed by atoms with Crippen LogP contribution in [0.1, 0.15) is 54.5 Å². The molecule has 1 amide bonds. The van der Waals surface area contributed by atoms with Gasteiger partial charge in [0.25, 0.3) is 5.91 Å². The number of rotatable bonds is 3. The van der Waals surface area contributed by atoms with Gasteiger partial charge in [0.15, 0.2) is 0 Å². The average Bonchev–Trinajstić information content (AvgIpc) is 2.94. The molecule has 23 heavy (non-hydrogen) atoms. The van der Waals surface area contributed by atoms with E-state index in [9.17, 15) is 14.4 Å². The Kier molecular flexibility index (Phi) is 4.68. The van der Waals surface area contributed by atoms with Crippen LogP contribution < -0.4 is 0 Å². The lowest BCUT2D eigenvalue weighted by Gasteiger charge is -2.27. The highest BCUT2D eigenvalue weighted by molar-refractivity contribution is 5.98. The van der Waals surface area contributed by atoms with Crippen LogP contribution in [0.25, 0.3) is 0 Å². The molecule has 0 aliphatic carbocycles. The zero-order chi connectivity index (χ0) is 17.2. The number of aromatic nitrogens is 1. The number of carboxylic acids is 1. The monoisotopic (exact) mass is 320 g/mol. The van der Waals surface area contributed by atoms with Gasteiger partial charge in [0.2, 0.25) is 0 Å². The summed E-state index contributed by atoms with van der Waals surface area (Å²) in [5.41, 5.74) is -0.632. The van der Waals surface area contributed by atoms with E-state index in [1.807, 2.05) is 0 Å². The van der Waals surface area contributed by atoms with Crippen molar-refractivity contribution in [2.75, 3.05) is 6.54 Å². The summed E-state index contributed by atoms with van der Waals surface area (Å²) in [4.78, 5) is 41.1. The Hall–Kier alpha value is -2.44. The summed E-state index contributed by atoms with van der Waals surface area (Å²) < 4.78 is 5.35. The fourth-order valence-corrected chi connectivity index (χ4v) is 2.45. The van der Waals surface area contributed by atoms with E-state index >= 15 is 0 Å². The number of pyridine rings is 1. The first-order valence-electron chi connectivity index (χ1n) is 7.42. The summed E-state index contributed by atoms with van der Waals surface area (Å²) in [6.45, 7) is 5.72. The van der Waals surface area contributed by atoms with Crippen LogP contribution in [0.15, 0.2) is 18.3 Å². The molecule has 1 aromatic heterocycles. The molecule has 1 aliphatic heterocycles. The SMILES string of the molecule is CC(C)(C)OC(=O)[C@@H]1CCCN1C(=O)c1cc(C(=O)O)ccn1. The number of carbonyl (C=O) groups excluding carboxylic acids is 2. The highest BCUT2D eigenvalue weighted by Crippen LogP contribution is 2.23. The van der Waals surface area contributed by atoms with Crippen LogP contribution in [-0.4, -0.2) is 51.0 Å². The van der Waals surface area contributed by atoms with Crippen molar-refractivity contribution in [3.63, 3.8) is 0 Å². The van der Waals surface area contributed by atoms with E-state index in [1.54, 1.807) is 20.8 Å². The summed E-state index contributed by atoms with van der Waals surface area (Å²) in [6, 6.07) is 1.88. The zero-order valence-corrected chi connectivity index (χ0v) is 13.4. The molecule has 0 bridgehead atoms. The van der Waals surface area contributed by atoms with Crippen LogP contribution in [-0.2, 0) is 9.53 Å². The van der Waals surface area contributed by atoms with Gasteiger partial charge in [0.1, 0.15) is 17.3 Å². The Morgan fingerprint density at radius 2 is 2.04 bits per heavy atom. The highest BCUT2D eigenvalue weighted by Gasteiger charge is 2.37. The first kappa shape index (κ1) is 16.9. The van der Waals surface area contributed by atoms with Crippen molar-refractivity contribution < 1.29 is 24.2 Å². The van der Waals surface area contributed by atoms with E-state index in [2.05, 4.69) is 4.98 Å². The Balaban J connectivity index is 2.19. The fourth-order valence-electron chi connectivity index (χ4n) is 2.45. The van der Waals surface area contributed by atoms with E-state index < -0.39 is 29.5 Å². The third kappa shape index (κ3) is 4.06. The van der Waals surface area contributed by atoms with E-state index in [0.717, 1.165) is 0 Å². The smallest absolute Gasteiger partial charge is 0.335 e. The molecule has 0 radical (unpaired) electrons. The first-order valence-corrected chi connectivity index (χ1v) is 7.42. The summed E-state index contributed by atoms with van der Waals surface area (Å²) in [7, 11) is 0. The standard InChI is InChI=1S/C16H20N2O5/c1-16(2,3)23-15(22)12-5-4-8-18(12)13(19)11-9-10(14(20)21)6-7-17-11/h6-7,9,12H,4-5,8H2,1-3H3,(H,20,21)/t12-/m0/s1. The van der Waals surface area contributed by atoms with Gasteiger partial charge in [-0.15, -0.1) is 0 Å². The van der Waals surface area contributed by atoms with Gasteiger partial charge in [-0.25, -0.2) is 9.59 Å². The maximum atomic E-state index is 12.6. The summed E-state index contributed by atoms with van der Waals surface area (Å²) >= 11 is 0. The lowest BCUT2D eigenvalue weighted by Crippen LogP contribution is -2.43. The minimum atomic E-state index is -1.13. The van der Waals surface area contributed by atoms with Crippen molar-refractivity contribution >= 4 is 17.8 Å². The number of ether oxygens (including phenoxy) is 1. The van der Waals surface area contributed by atoms with Crippen molar-refractivity contribution in [1.29, 1.82) is 0 Å². The molecule has 1 atom stereocenters. The minimum absolute atomic E-state index is 0.0142. The minimum Gasteiger partial charge on any atom is -0.478 e. The van der Waals surface area contributed by atoms with E-state index in [1.165, 1.54) is 23.2 Å². The zero-order valence-electron chi connectivity index (χ0n) is 13.4. The summed E-state index contributed by atoms with van der Waals surface area (Å²) in [5, 5.41) is 9.00. The van der Waals surface area contributed by atoms with Crippen LogP contribution in [0.4, 0.5) is 0 Å². The van der Waals surface area contributed by atoms with Crippen LogP contribution in [0.5, 0.6) is 0 Å². The second-order valence-electron chi connectivity index (χ2n) is 6.42. The molecular formula is C16H20N2O5. The molecule has 1 saturated heterocycles. The molecule has 1 fully saturated rings. The molecular weight excluding hydrogens is 300 g/mol. The Morgan fingerprint density at radius 1 is 1.35 bits per heavy atom. The van der Waals surface area contributed by atoms with Gasteiger partial charge in [-0.2, -0.15) is 0 Å². The lowest BCUT2D eigenvalue weighted by atomic mass is 10.1. The Labute approximate surface area is 134 Å². The lowest BCUT2D eigenvalue weighted by molar-refractivity contribution is -0.159. The molecule has 124 valence electrons. The Bertz CT molecular complexity index is 636. The Morgan fingerprint density at radius 3 is 2.65 bits per heavy atom. The third-order valence-electron chi connectivity index (χ3n) is 3.42. The van der Waals surface area contributed by atoms with Crippen molar-refractivity contribution in [2.24, 2.45) is 0 Å². The number of hydrogen-bond donors (Lipinski definition) is 1. The number of aromatic carboxylic acids is 1. The normalized spacial score (nSPS) is 17.9. The number of amides is 1. The number of likely N-dealkylation sites (tertiary alicyclic amines) is 1. The largest absolute Gasteiger partial charge is 0.478 e. The molecule has 0 saturated carbocycles. The molecule has 2 heterocycles. The topological polar surface area (TPSA) is 96.8 Å². The maximum absolute atomic E-state index is 12.6. The molecule has 1 aliphatic rings. The molecule has 0 aromatic carbocycles. The van der Waals surface area contributed by atoms with E-state index in [4.69, 9.17) is 9.84 Å². The van der Waals surface area contributed by atoms with Crippen molar-refractivity contribution in [3.05, 3.63) is 29.6 Å². The summed E-state index contributed by atoms with van der Waals surface area (Å²) in [5.74, 6) is -2.04. The molecule has 2 rings (SSSR count). The molecule has 7 heteroatoms. The van der Waals surface area contributed by atoms with Gasteiger partial charge < -0.3 is 14.7 Å². The van der Waals surface area contributed by atoms with Crippen LogP contribution in [0.2, 0.25) is 0 Å². The molecule has 0 unspecified atom stereocenters. The second kappa shape index (κ2) is 6.36. The average molecular weight is 320 g/mol. The second-order valence-corrected chi connectivity index (χ2v) is 6.42. The predicted octanol–water partition coefficient (Wildman–Crippen LogP) is 1.73. The first-order chi connectivity index (χ1) is 10.7. The van der Waals surface area contributed by atoms with Crippen LogP contribution in [0, 0.1) is 0 Å². The number of nitrogens with zero attached hydrogens (tertiary/aromatic N) is 2. The van der Waals surface area contributed by atoms with Gasteiger partial charge in [0.05, 0.1) is 5.56 Å². The van der Waals surface area contributed by atoms with Crippen molar-refractivity contribution in [3.8, 4) is 0 Å². The number of carboxylic acid groups (broad SMARTS) is 1. The van der Waals surface area contributed by atoms with Crippen LogP contribution in [0.3, 0.4) is 0 Å². The van der Waals surface area contributed by atoms with Crippen molar-refractivity contribution in [2.45, 2.75) is 45.3 Å². The van der Waals surface area contributed by atoms with Gasteiger partial charge in [-0.1, -0.05) is 0 Å². The number of hydrogen-bond acceptors (Lipinski definition) is 5. The quantitative estimate of drug-likeness (QED) is 0.852. The number of esters is 1. The molecule has 7 nitrogen and oxygen atoms in total. The summed E-state index contributed by atoms with van der Waals surface area (Å²) in [6.07, 6.45) is 2.49.